The zero-order valence-electron chi connectivity index (χ0n) is 16.5. The maximum Gasteiger partial charge on any atom is 0.258 e. The molecule has 1 aliphatic rings. The first-order valence-corrected chi connectivity index (χ1v) is 10.5. The number of halogens is 1. The Balaban J connectivity index is 1.77. The number of fused-ring (bicyclic) bond motifs is 2. The standard InChI is InChI=1S/C24H25ClN2O/c1-3-14-27(22-11-7-4-8-16(22)2)24(28)17-12-13-19-21(15-17)26-20-10-6-5-9-18(20)23(19)25/h4,7-8,11-13,15H,3,5-6,9-10,14H2,1-2H3. The highest BCUT2D eigenvalue weighted by atomic mass is 35.5. The van der Waals surface area contributed by atoms with Crippen molar-refractivity contribution < 1.29 is 4.79 Å². The summed E-state index contributed by atoms with van der Waals surface area (Å²) in [5, 5.41) is 1.75. The predicted octanol–water partition coefficient (Wildman–Crippen LogP) is 6.13. The molecule has 0 atom stereocenters. The number of aryl methyl sites for hydroxylation is 2. The van der Waals surface area contributed by atoms with Gasteiger partial charge in [0.15, 0.2) is 0 Å². The number of nitrogens with zero attached hydrogens (tertiary/aromatic N) is 2. The summed E-state index contributed by atoms with van der Waals surface area (Å²) in [6, 6.07) is 13.8. The van der Waals surface area contributed by atoms with Crippen LogP contribution < -0.4 is 4.90 Å². The number of aromatic nitrogens is 1. The van der Waals surface area contributed by atoms with Crippen LogP contribution in [0, 0.1) is 6.92 Å². The Morgan fingerprint density at radius 3 is 2.71 bits per heavy atom. The first-order chi connectivity index (χ1) is 13.6. The maximum absolute atomic E-state index is 13.4. The average Bonchev–Trinajstić information content (AvgIpc) is 2.72. The van der Waals surface area contributed by atoms with Crippen LogP contribution in [0.15, 0.2) is 42.5 Å². The van der Waals surface area contributed by atoms with Gasteiger partial charge in [0, 0.05) is 28.9 Å². The summed E-state index contributed by atoms with van der Waals surface area (Å²) in [6.45, 7) is 4.81. The molecule has 144 valence electrons. The fourth-order valence-corrected chi connectivity index (χ4v) is 4.44. The Morgan fingerprint density at radius 1 is 1.14 bits per heavy atom. The summed E-state index contributed by atoms with van der Waals surface area (Å²) in [7, 11) is 0. The number of hydrogen-bond donors (Lipinski definition) is 0. The van der Waals surface area contributed by atoms with E-state index >= 15 is 0 Å². The van der Waals surface area contributed by atoms with Gasteiger partial charge in [-0.3, -0.25) is 9.78 Å². The molecule has 0 fully saturated rings. The molecule has 1 heterocycles. The van der Waals surface area contributed by atoms with E-state index in [0.29, 0.717) is 12.1 Å². The van der Waals surface area contributed by atoms with Crippen molar-refractivity contribution in [3.8, 4) is 0 Å². The lowest BCUT2D eigenvalue weighted by molar-refractivity contribution is 0.0987. The highest BCUT2D eigenvalue weighted by Gasteiger charge is 2.21. The van der Waals surface area contributed by atoms with Gasteiger partial charge in [-0.1, -0.05) is 42.8 Å². The molecule has 0 unspecified atom stereocenters. The number of rotatable bonds is 4. The van der Waals surface area contributed by atoms with Crippen LogP contribution in [0.1, 0.15) is 53.4 Å². The van der Waals surface area contributed by atoms with E-state index < -0.39 is 0 Å². The molecule has 0 bridgehead atoms. The van der Waals surface area contributed by atoms with Crippen molar-refractivity contribution in [3.63, 3.8) is 0 Å². The molecular formula is C24H25ClN2O. The van der Waals surface area contributed by atoms with Crippen LogP contribution in [0.25, 0.3) is 10.9 Å². The van der Waals surface area contributed by atoms with Crippen LogP contribution in [-0.2, 0) is 12.8 Å². The lowest BCUT2D eigenvalue weighted by Gasteiger charge is -2.24. The molecule has 0 spiro atoms. The normalized spacial score (nSPS) is 13.4. The lowest BCUT2D eigenvalue weighted by Crippen LogP contribution is -2.32. The van der Waals surface area contributed by atoms with E-state index in [1.807, 2.05) is 54.3 Å². The zero-order chi connectivity index (χ0) is 19.7. The number of anilines is 1. The highest BCUT2D eigenvalue weighted by Crippen LogP contribution is 2.33. The Bertz CT molecular complexity index is 1040. The summed E-state index contributed by atoms with van der Waals surface area (Å²) in [5.41, 5.74) is 5.82. The Kier molecular flexibility index (Phi) is 5.36. The van der Waals surface area contributed by atoms with E-state index in [0.717, 1.165) is 58.6 Å². The fraction of sp³-hybridized carbons (Fsp3) is 0.333. The summed E-state index contributed by atoms with van der Waals surface area (Å²) in [5.74, 6) is 0.00805. The van der Waals surface area contributed by atoms with Gasteiger partial charge < -0.3 is 4.90 Å². The Morgan fingerprint density at radius 2 is 1.93 bits per heavy atom. The molecule has 0 aliphatic heterocycles. The van der Waals surface area contributed by atoms with E-state index in [1.165, 1.54) is 12.0 Å². The van der Waals surface area contributed by atoms with Gasteiger partial charge in [-0.2, -0.15) is 0 Å². The second kappa shape index (κ2) is 7.92. The van der Waals surface area contributed by atoms with E-state index in [2.05, 4.69) is 6.92 Å². The second-order valence-electron chi connectivity index (χ2n) is 7.53. The topological polar surface area (TPSA) is 33.2 Å². The smallest absolute Gasteiger partial charge is 0.258 e. The number of pyridine rings is 1. The Hall–Kier alpha value is -2.39. The SMILES string of the molecule is CCCN(C(=O)c1ccc2c(Cl)c3c(nc2c1)CCCC3)c1ccccc1C. The molecule has 1 aliphatic carbocycles. The molecule has 2 aromatic carbocycles. The lowest BCUT2D eigenvalue weighted by atomic mass is 9.94. The van der Waals surface area contributed by atoms with Gasteiger partial charge in [-0.25, -0.2) is 0 Å². The van der Waals surface area contributed by atoms with Gasteiger partial charge >= 0.3 is 0 Å². The highest BCUT2D eigenvalue weighted by molar-refractivity contribution is 6.36. The van der Waals surface area contributed by atoms with Gasteiger partial charge in [-0.15, -0.1) is 0 Å². The molecule has 0 saturated heterocycles. The minimum absolute atomic E-state index is 0.00805. The van der Waals surface area contributed by atoms with Crippen LogP contribution >= 0.6 is 11.6 Å². The van der Waals surface area contributed by atoms with Gasteiger partial charge in [0.25, 0.3) is 5.91 Å². The molecule has 4 heteroatoms. The summed E-state index contributed by atoms with van der Waals surface area (Å²) < 4.78 is 0. The third-order valence-corrected chi connectivity index (χ3v) is 5.97. The van der Waals surface area contributed by atoms with Crippen molar-refractivity contribution in [3.05, 3.63) is 69.9 Å². The zero-order valence-corrected chi connectivity index (χ0v) is 17.2. The second-order valence-corrected chi connectivity index (χ2v) is 7.91. The summed E-state index contributed by atoms with van der Waals surface area (Å²) in [4.78, 5) is 20.1. The number of benzene rings is 2. The van der Waals surface area contributed by atoms with Gasteiger partial charge in [-0.05, 0) is 68.4 Å². The quantitative estimate of drug-likeness (QED) is 0.534. The molecule has 28 heavy (non-hydrogen) atoms. The van der Waals surface area contributed by atoms with E-state index in [9.17, 15) is 4.79 Å². The molecule has 3 nitrogen and oxygen atoms in total. The van der Waals surface area contributed by atoms with Crippen molar-refractivity contribution in [1.29, 1.82) is 0 Å². The molecule has 0 saturated carbocycles. The number of amides is 1. The van der Waals surface area contributed by atoms with Gasteiger partial charge in [0.2, 0.25) is 0 Å². The predicted molar refractivity (Wildman–Crippen MR) is 117 cm³/mol. The molecule has 4 rings (SSSR count). The number of carbonyl (C=O) groups is 1. The molecule has 0 radical (unpaired) electrons. The minimum atomic E-state index is 0.00805. The number of para-hydroxylation sites is 1. The summed E-state index contributed by atoms with van der Waals surface area (Å²) >= 11 is 6.69. The third-order valence-electron chi connectivity index (χ3n) is 5.54. The van der Waals surface area contributed by atoms with Gasteiger partial charge in [0.05, 0.1) is 10.5 Å². The van der Waals surface area contributed by atoms with Crippen molar-refractivity contribution in [2.45, 2.75) is 46.0 Å². The van der Waals surface area contributed by atoms with Crippen LogP contribution in [0.5, 0.6) is 0 Å². The number of carbonyl (C=O) groups excluding carboxylic acids is 1. The molecule has 0 N–H and O–H groups in total. The first-order valence-electron chi connectivity index (χ1n) is 10.1. The Labute approximate surface area is 171 Å². The largest absolute Gasteiger partial charge is 0.308 e. The third kappa shape index (κ3) is 3.40. The summed E-state index contributed by atoms with van der Waals surface area (Å²) in [6.07, 6.45) is 5.17. The van der Waals surface area contributed by atoms with Gasteiger partial charge in [0.1, 0.15) is 0 Å². The number of hydrogen-bond acceptors (Lipinski definition) is 2. The van der Waals surface area contributed by atoms with Crippen molar-refractivity contribution in [2.75, 3.05) is 11.4 Å². The van der Waals surface area contributed by atoms with Crippen LogP contribution in [0.2, 0.25) is 5.02 Å². The first kappa shape index (κ1) is 18.9. The van der Waals surface area contributed by atoms with Crippen molar-refractivity contribution in [2.24, 2.45) is 0 Å². The van der Waals surface area contributed by atoms with E-state index in [4.69, 9.17) is 16.6 Å². The van der Waals surface area contributed by atoms with Crippen LogP contribution in [0.4, 0.5) is 5.69 Å². The molecule has 3 aromatic rings. The molecule has 1 aromatic heterocycles. The van der Waals surface area contributed by atoms with Crippen LogP contribution in [-0.4, -0.2) is 17.4 Å². The minimum Gasteiger partial charge on any atom is -0.308 e. The maximum atomic E-state index is 13.4. The molecular weight excluding hydrogens is 368 g/mol. The van der Waals surface area contributed by atoms with E-state index in [-0.39, 0.29) is 5.91 Å². The monoisotopic (exact) mass is 392 g/mol. The molecule has 1 amide bonds. The fourth-order valence-electron chi connectivity index (χ4n) is 4.08. The van der Waals surface area contributed by atoms with Crippen LogP contribution in [0.3, 0.4) is 0 Å². The van der Waals surface area contributed by atoms with E-state index in [1.54, 1.807) is 0 Å². The average molecular weight is 393 g/mol. The van der Waals surface area contributed by atoms with Crippen molar-refractivity contribution in [1.82, 2.24) is 4.98 Å². The van der Waals surface area contributed by atoms with Crippen molar-refractivity contribution >= 4 is 34.1 Å².